The van der Waals surface area contributed by atoms with Crippen LogP contribution in [0.2, 0.25) is 5.02 Å². The average Bonchev–Trinajstić information content (AvgIpc) is 2.54. The SMILES string of the molecule is CC(C)[C@H]1CC[C@@H](C)C[C@@H]1OC(=O)COC(=O)c1cc(Cl)ccc1O. The van der Waals surface area contributed by atoms with Crippen molar-refractivity contribution in [3.63, 3.8) is 0 Å². The summed E-state index contributed by atoms with van der Waals surface area (Å²) >= 11 is 5.80. The second-order valence-electron chi connectivity index (χ2n) is 7.09. The van der Waals surface area contributed by atoms with Crippen LogP contribution < -0.4 is 0 Å². The number of phenolic OH excluding ortho intramolecular Hbond substituents is 1. The lowest BCUT2D eigenvalue weighted by molar-refractivity contribution is -0.159. The Labute approximate surface area is 153 Å². The number of esters is 2. The zero-order valence-electron chi connectivity index (χ0n) is 14.8. The first-order chi connectivity index (χ1) is 11.8. The number of hydrogen-bond donors (Lipinski definition) is 1. The van der Waals surface area contributed by atoms with Crippen LogP contribution >= 0.6 is 11.6 Å². The van der Waals surface area contributed by atoms with Crippen molar-refractivity contribution >= 4 is 23.5 Å². The number of carbonyl (C=O) groups excluding carboxylic acids is 2. The van der Waals surface area contributed by atoms with Gasteiger partial charge in [0.1, 0.15) is 17.4 Å². The van der Waals surface area contributed by atoms with E-state index in [4.69, 9.17) is 21.1 Å². The van der Waals surface area contributed by atoms with Gasteiger partial charge in [0.05, 0.1) is 0 Å². The van der Waals surface area contributed by atoms with Gasteiger partial charge in [-0.25, -0.2) is 9.59 Å². The quantitative estimate of drug-likeness (QED) is 0.788. The van der Waals surface area contributed by atoms with Crippen LogP contribution in [0.15, 0.2) is 18.2 Å². The summed E-state index contributed by atoms with van der Waals surface area (Å²) < 4.78 is 10.5. The van der Waals surface area contributed by atoms with Crippen molar-refractivity contribution in [1.29, 1.82) is 0 Å². The zero-order chi connectivity index (χ0) is 18.6. The maximum atomic E-state index is 12.1. The van der Waals surface area contributed by atoms with Gasteiger partial charge in [0.25, 0.3) is 0 Å². The second-order valence-corrected chi connectivity index (χ2v) is 7.53. The van der Waals surface area contributed by atoms with E-state index in [1.165, 1.54) is 18.2 Å². The Morgan fingerprint density at radius 2 is 2.04 bits per heavy atom. The van der Waals surface area contributed by atoms with Crippen molar-refractivity contribution in [1.82, 2.24) is 0 Å². The topological polar surface area (TPSA) is 72.8 Å². The molecule has 5 nitrogen and oxygen atoms in total. The molecule has 0 aromatic heterocycles. The van der Waals surface area contributed by atoms with Crippen LogP contribution in [0.1, 0.15) is 50.4 Å². The zero-order valence-corrected chi connectivity index (χ0v) is 15.6. The lowest BCUT2D eigenvalue weighted by Crippen LogP contribution is -2.36. The predicted octanol–water partition coefficient (Wildman–Crippen LogP) is 4.21. The number of phenols is 1. The van der Waals surface area contributed by atoms with Crippen molar-refractivity contribution in [3.8, 4) is 5.75 Å². The summed E-state index contributed by atoms with van der Waals surface area (Å²) in [5.41, 5.74) is -0.0772. The van der Waals surface area contributed by atoms with Crippen LogP contribution in [0.5, 0.6) is 5.75 Å². The third-order valence-electron chi connectivity index (χ3n) is 4.74. The first-order valence-electron chi connectivity index (χ1n) is 8.63. The van der Waals surface area contributed by atoms with Gasteiger partial charge in [-0.3, -0.25) is 0 Å². The molecule has 1 aliphatic rings. The van der Waals surface area contributed by atoms with Gasteiger partial charge in [-0.2, -0.15) is 0 Å². The predicted molar refractivity (Wildman–Crippen MR) is 94.6 cm³/mol. The number of ether oxygens (including phenoxy) is 2. The van der Waals surface area contributed by atoms with E-state index in [-0.39, 0.29) is 17.4 Å². The van der Waals surface area contributed by atoms with E-state index in [1.54, 1.807) is 0 Å². The van der Waals surface area contributed by atoms with Crippen LogP contribution in [0.25, 0.3) is 0 Å². The fourth-order valence-corrected chi connectivity index (χ4v) is 3.50. The Kier molecular flexibility index (Phi) is 6.71. The molecule has 138 valence electrons. The third-order valence-corrected chi connectivity index (χ3v) is 4.98. The van der Waals surface area contributed by atoms with Gasteiger partial charge in [-0.05, 0) is 48.8 Å². The summed E-state index contributed by atoms with van der Waals surface area (Å²) in [5, 5.41) is 9.98. The normalized spacial score (nSPS) is 23.3. The van der Waals surface area contributed by atoms with E-state index in [2.05, 4.69) is 20.8 Å². The van der Waals surface area contributed by atoms with Gasteiger partial charge < -0.3 is 14.6 Å². The Morgan fingerprint density at radius 3 is 2.72 bits per heavy atom. The number of carbonyl (C=O) groups is 2. The number of hydrogen-bond acceptors (Lipinski definition) is 5. The standard InChI is InChI=1S/C19H25ClO5/c1-11(2)14-6-4-12(3)8-17(14)25-18(22)10-24-19(23)15-9-13(20)5-7-16(15)21/h5,7,9,11-12,14,17,21H,4,6,8,10H2,1-3H3/t12-,14-,17+/m1/s1. The molecule has 1 saturated carbocycles. The molecule has 0 saturated heterocycles. The van der Waals surface area contributed by atoms with Crippen LogP contribution in [0, 0.1) is 17.8 Å². The fourth-order valence-electron chi connectivity index (χ4n) is 3.33. The lowest BCUT2D eigenvalue weighted by Gasteiger charge is -2.36. The minimum atomic E-state index is -0.811. The molecule has 3 atom stereocenters. The molecule has 1 N–H and O–H groups in total. The maximum absolute atomic E-state index is 12.1. The lowest BCUT2D eigenvalue weighted by atomic mass is 9.75. The number of halogens is 1. The Morgan fingerprint density at radius 1 is 1.32 bits per heavy atom. The molecule has 1 fully saturated rings. The highest BCUT2D eigenvalue weighted by Gasteiger charge is 2.33. The van der Waals surface area contributed by atoms with E-state index in [0.717, 1.165) is 19.3 Å². The van der Waals surface area contributed by atoms with Crippen molar-refractivity contribution in [3.05, 3.63) is 28.8 Å². The van der Waals surface area contributed by atoms with Crippen molar-refractivity contribution in [2.24, 2.45) is 17.8 Å². The van der Waals surface area contributed by atoms with E-state index in [9.17, 15) is 14.7 Å². The minimum absolute atomic E-state index is 0.0772. The summed E-state index contributed by atoms with van der Waals surface area (Å²) in [4.78, 5) is 24.1. The molecule has 25 heavy (non-hydrogen) atoms. The summed E-state index contributed by atoms with van der Waals surface area (Å²) in [6.45, 7) is 5.92. The molecule has 0 radical (unpaired) electrons. The van der Waals surface area contributed by atoms with Crippen molar-refractivity contribution in [2.75, 3.05) is 6.61 Å². The molecule has 0 unspecified atom stereocenters. The Hall–Kier alpha value is -1.75. The Bertz CT molecular complexity index is 628. The molecule has 6 heteroatoms. The van der Waals surface area contributed by atoms with Crippen LogP contribution in [-0.4, -0.2) is 29.8 Å². The van der Waals surface area contributed by atoms with Gasteiger partial charge in [0.2, 0.25) is 0 Å². The molecule has 0 bridgehead atoms. The molecule has 0 spiro atoms. The first kappa shape index (κ1) is 19.6. The molecule has 0 aliphatic heterocycles. The number of aromatic hydroxyl groups is 1. The number of benzene rings is 1. The molecule has 1 aromatic carbocycles. The molecular formula is C19H25ClO5. The van der Waals surface area contributed by atoms with Gasteiger partial charge in [-0.15, -0.1) is 0 Å². The van der Waals surface area contributed by atoms with Gasteiger partial charge >= 0.3 is 11.9 Å². The van der Waals surface area contributed by atoms with E-state index in [0.29, 0.717) is 22.8 Å². The van der Waals surface area contributed by atoms with Crippen LogP contribution in [0.3, 0.4) is 0 Å². The van der Waals surface area contributed by atoms with Gasteiger partial charge in [0.15, 0.2) is 6.61 Å². The second kappa shape index (κ2) is 8.56. The van der Waals surface area contributed by atoms with Crippen LogP contribution in [-0.2, 0) is 14.3 Å². The summed E-state index contributed by atoms with van der Waals surface area (Å²) in [5.74, 6) is -0.361. The number of rotatable bonds is 5. The highest BCUT2D eigenvalue weighted by Crippen LogP contribution is 2.35. The highest BCUT2D eigenvalue weighted by atomic mass is 35.5. The molecular weight excluding hydrogens is 344 g/mol. The summed E-state index contributed by atoms with van der Waals surface area (Å²) in [7, 11) is 0. The summed E-state index contributed by atoms with van der Waals surface area (Å²) in [6.07, 6.45) is 2.86. The molecule has 1 aromatic rings. The van der Waals surface area contributed by atoms with E-state index in [1.807, 2.05) is 0 Å². The minimum Gasteiger partial charge on any atom is -0.507 e. The van der Waals surface area contributed by atoms with Crippen LogP contribution in [0.4, 0.5) is 0 Å². The highest BCUT2D eigenvalue weighted by molar-refractivity contribution is 6.31. The Balaban J connectivity index is 1.91. The van der Waals surface area contributed by atoms with Crippen molar-refractivity contribution in [2.45, 2.75) is 46.1 Å². The molecule has 0 heterocycles. The molecule has 1 aliphatic carbocycles. The average molecular weight is 369 g/mol. The third kappa shape index (κ3) is 5.36. The molecule has 2 rings (SSSR count). The summed E-state index contributed by atoms with van der Waals surface area (Å²) in [6, 6.07) is 4.05. The van der Waals surface area contributed by atoms with E-state index < -0.39 is 18.5 Å². The largest absolute Gasteiger partial charge is 0.507 e. The fraction of sp³-hybridized carbons (Fsp3) is 0.579. The monoisotopic (exact) mass is 368 g/mol. The van der Waals surface area contributed by atoms with Gasteiger partial charge in [-0.1, -0.05) is 38.8 Å². The maximum Gasteiger partial charge on any atom is 0.344 e. The van der Waals surface area contributed by atoms with Gasteiger partial charge in [0, 0.05) is 5.02 Å². The smallest absolute Gasteiger partial charge is 0.344 e. The van der Waals surface area contributed by atoms with Crippen molar-refractivity contribution < 1.29 is 24.2 Å². The molecule has 0 amide bonds. The van der Waals surface area contributed by atoms with E-state index >= 15 is 0 Å². The first-order valence-corrected chi connectivity index (χ1v) is 9.00.